The average Bonchev–Trinajstić information content (AvgIpc) is 2.73. The highest BCUT2D eigenvalue weighted by Gasteiger charge is 2.18. The molecule has 0 aromatic rings. The van der Waals surface area contributed by atoms with E-state index in [-0.39, 0.29) is 12.3 Å². The zero-order valence-electron chi connectivity index (χ0n) is 20.7. The van der Waals surface area contributed by atoms with Gasteiger partial charge in [-0.15, -0.1) is 0 Å². The first kappa shape index (κ1) is 31.1. The van der Waals surface area contributed by atoms with E-state index in [1.807, 2.05) is 0 Å². The van der Waals surface area contributed by atoms with Gasteiger partial charge in [-0.2, -0.15) is 0 Å². The molecule has 2 N–H and O–H groups in total. The third kappa shape index (κ3) is 26.2. The summed E-state index contributed by atoms with van der Waals surface area (Å²) in [5.74, 6) is 0. The summed E-state index contributed by atoms with van der Waals surface area (Å²) in [6.07, 6.45) is 21.6. The lowest BCUT2D eigenvalue weighted by atomic mass is 10.1. The highest BCUT2D eigenvalue weighted by atomic mass is 31.2. The second kappa shape index (κ2) is 23.2. The molecule has 0 radical (unpaired) electrons. The van der Waals surface area contributed by atoms with Crippen LogP contribution in [0.2, 0.25) is 0 Å². The Morgan fingerprint density at radius 2 is 1.06 bits per heavy atom. The molecular weight excluding hydrogens is 411 g/mol. The van der Waals surface area contributed by atoms with Crippen molar-refractivity contribution in [3.8, 4) is 0 Å². The maximum atomic E-state index is 11.2. The molecule has 0 saturated heterocycles. The van der Waals surface area contributed by atoms with E-state index in [1.165, 1.54) is 89.9 Å². The predicted molar refractivity (Wildman–Crippen MR) is 132 cm³/mol. The van der Waals surface area contributed by atoms with Crippen LogP contribution >= 0.6 is 7.60 Å². The van der Waals surface area contributed by atoms with Crippen LogP contribution in [-0.2, 0) is 14.0 Å². The van der Waals surface area contributed by atoms with Crippen molar-refractivity contribution >= 4 is 7.60 Å². The highest BCUT2D eigenvalue weighted by molar-refractivity contribution is 7.51. The first-order chi connectivity index (χ1) is 15.0. The predicted octanol–water partition coefficient (Wildman–Crippen LogP) is 7.63. The zero-order valence-corrected chi connectivity index (χ0v) is 21.6. The summed E-state index contributed by atoms with van der Waals surface area (Å²) in [6, 6.07) is 0. The summed E-state index contributed by atoms with van der Waals surface area (Å²) in [6.45, 7) is 6.29. The summed E-state index contributed by atoms with van der Waals surface area (Å²) in [5.41, 5.74) is 0. The quantitative estimate of drug-likeness (QED) is 0.107. The number of rotatable bonds is 25. The van der Waals surface area contributed by atoms with Crippen molar-refractivity contribution < 1.29 is 23.8 Å². The molecule has 0 saturated carbocycles. The van der Waals surface area contributed by atoms with Crippen molar-refractivity contribution in [2.24, 2.45) is 0 Å². The molecule has 0 aliphatic rings. The Bertz CT molecular complexity index is 399. The molecule has 1 atom stereocenters. The molecular formula is C25H53O5P. The Labute approximate surface area is 193 Å². The molecule has 0 rings (SSSR count). The van der Waals surface area contributed by atoms with E-state index in [9.17, 15) is 14.4 Å². The number of ether oxygens (including phenoxy) is 2. The van der Waals surface area contributed by atoms with Crippen LogP contribution < -0.4 is 0 Å². The minimum Gasteiger partial charge on any atom is -0.379 e. The van der Waals surface area contributed by atoms with E-state index < -0.39 is 7.60 Å². The Morgan fingerprint density at radius 3 is 1.52 bits per heavy atom. The van der Waals surface area contributed by atoms with Crippen molar-refractivity contribution in [3.63, 3.8) is 0 Å². The van der Waals surface area contributed by atoms with E-state index in [1.54, 1.807) is 0 Å². The molecule has 5 nitrogen and oxygen atoms in total. The van der Waals surface area contributed by atoms with Crippen LogP contribution in [0.1, 0.15) is 129 Å². The van der Waals surface area contributed by atoms with Gasteiger partial charge in [-0.25, -0.2) is 0 Å². The van der Waals surface area contributed by atoms with E-state index in [2.05, 4.69) is 13.8 Å². The molecule has 31 heavy (non-hydrogen) atoms. The molecule has 0 aromatic carbocycles. The van der Waals surface area contributed by atoms with Crippen LogP contribution in [0.4, 0.5) is 0 Å². The molecule has 0 aliphatic carbocycles. The van der Waals surface area contributed by atoms with Crippen LogP contribution in [-0.4, -0.2) is 41.9 Å². The molecule has 188 valence electrons. The lowest BCUT2D eigenvalue weighted by Crippen LogP contribution is -2.22. The number of hydrogen-bond acceptors (Lipinski definition) is 3. The lowest BCUT2D eigenvalue weighted by molar-refractivity contribution is -0.0201. The van der Waals surface area contributed by atoms with Crippen LogP contribution in [0.5, 0.6) is 0 Å². The van der Waals surface area contributed by atoms with Crippen LogP contribution in [0.3, 0.4) is 0 Å². The maximum absolute atomic E-state index is 11.2. The molecule has 0 aromatic heterocycles. The molecule has 1 unspecified atom stereocenters. The second-order valence-corrected chi connectivity index (χ2v) is 10.8. The Balaban J connectivity index is 3.76. The van der Waals surface area contributed by atoms with Crippen LogP contribution in [0, 0.1) is 0 Å². The van der Waals surface area contributed by atoms with E-state index in [0.29, 0.717) is 26.2 Å². The molecule has 0 fully saturated rings. The molecule has 0 amide bonds. The van der Waals surface area contributed by atoms with Crippen LogP contribution in [0.15, 0.2) is 0 Å². The Morgan fingerprint density at radius 1 is 0.645 bits per heavy atom. The fraction of sp³-hybridized carbons (Fsp3) is 1.00. The standard InChI is InChI=1S/C25H53O5P/c1-3-5-7-9-11-13-14-16-18-21-29-24-25(20-23-31(26,27)28)30-22-19-17-15-12-10-8-6-4-2/h25H,3-24H2,1-2H3,(H2,26,27,28). The number of hydrogen-bond donors (Lipinski definition) is 2. The molecule has 0 aliphatic heterocycles. The molecule has 6 heteroatoms. The molecule has 0 bridgehead atoms. The SMILES string of the molecule is CCCCCCCCCCCOCC(CCP(=O)(O)O)OCCCCCCCCCC. The topological polar surface area (TPSA) is 76.0 Å². The first-order valence-corrected chi connectivity index (χ1v) is 15.0. The lowest BCUT2D eigenvalue weighted by Gasteiger charge is -2.18. The Hall–Kier alpha value is 0.0700. The summed E-state index contributed by atoms with van der Waals surface area (Å²) in [7, 11) is -3.99. The average molecular weight is 465 g/mol. The van der Waals surface area contributed by atoms with Crippen molar-refractivity contribution in [1.29, 1.82) is 0 Å². The van der Waals surface area contributed by atoms with Gasteiger partial charge >= 0.3 is 7.60 Å². The fourth-order valence-electron chi connectivity index (χ4n) is 3.74. The summed E-state index contributed by atoms with van der Waals surface area (Å²) in [4.78, 5) is 18.3. The van der Waals surface area contributed by atoms with Gasteiger partial charge in [0.15, 0.2) is 0 Å². The summed E-state index contributed by atoms with van der Waals surface area (Å²) >= 11 is 0. The Kier molecular flexibility index (Phi) is 23.3. The van der Waals surface area contributed by atoms with Crippen molar-refractivity contribution in [3.05, 3.63) is 0 Å². The second-order valence-electron chi connectivity index (χ2n) is 9.05. The van der Waals surface area contributed by atoms with Gasteiger partial charge in [0.1, 0.15) is 0 Å². The van der Waals surface area contributed by atoms with Crippen molar-refractivity contribution in [2.75, 3.05) is 26.0 Å². The van der Waals surface area contributed by atoms with E-state index in [4.69, 9.17) is 9.47 Å². The van der Waals surface area contributed by atoms with Gasteiger partial charge in [0, 0.05) is 13.2 Å². The van der Waals surface area contributed by atoms with Gasteiger partial charge in [0.05, 0.1) is 18.9 Å². The minimum atomic E-state index is -3.99. The van der Waals surface area contributed by atoms with Gasteiger partial charge in [0.2, 0.25) is 0 Å². The monoisotopic (exact) mass is 464 g/mol. The third-order valence-electron chi connectivity index (χ3n) is 5.79. The van der Waals surface area contributed by atoms with E-state index >= 15 is 0 Å². The normalized spacial score (nSPS) is 13.0. The minimum absolute atomic E-state index is 0.128. The van der Waals surface area contributed by atoms with Gasteiger partial charge < -0.3 is 19.3 Å². The zero-order chi connectivity index (χ0) is 23.0. The van der Waals surface area contributed by atoms with Gasteiger partial charge in [0.25, 0.3) is 0 Å². The first-order valence-electron chi connectivity index (χ1n) is 13.2. The van der Waals surface area contributed by atoms with Crippen LogP contribution in [0.25, 0.3) is 0 Å². The molecule has 0 spiro atoms. The fourth-order valence-corrected chi connectivity index (χ4v) is 4.37. The highest BCUT2D eigenvalue weighted by Crippen LogP contribution is 2.35. The van der Waals surface area contributed by atoms with Gasteiger partial charge in [-0.3, -0.25) is 4.57 Å². The van der Waals surface area contributed by atoms with Gasteiger partial charge in [-0.05, 0) is 19.3 Å². The summed E-state index contributed by atoms with van der Waals surface area (Å²) in [5, 5.41) is 0. The third-order valence-corrected chi connectivity index (χ3v) is 6.63. The smallest absolute Gasteiger partial charge is 0.325 e. The van der Waals surface area contributed by atoms with Crippen molar-refractivity contribution in [2.45, 2.75) is 136 Å². The van der Waals surface area contributed by atoms with E-state index in [0.717, 1.165) is 19.3 Å². The number of unbranched alkanes of at least 4 members (excludes halogenated alkanes) is 15. The summed E-state index contributed by atoms with van der Waals surface area (Å²) < 4.78 is 22.9. The van der Waals surface area contributed by atoms with Crippen molar-refractivity contribution in [1.82, 2.24) is 0 Å². The van der Waals surface area contributed by atoms with Gasteiger partial charge in [-0.1, -0.05) is 110 Å². The molecule has 0 heterocycles. The maximum Gasteiger partial charge on any atom is 0.325 e. The largest absolute Gasteiger partial charge is 0.379 e.